The number of esters is 1. The minimum atomic E-state index is -0.507. The molecule has 5 heteroatoms. The van der Waals surface area contributed by atoms with Gasteiger partial charge in [0.1, 0.15) is 0 Å². The van der Waals surface area contributed by atoms with Crippen molar-refractivity contribution < 1.29 is 9.53 Å². The van der Waals surface area contributed by atoms with E-state index in [0.29, 0.717) is 14.9 Å². The summed E-state index contributed by atoms with van der Waals surface area (Å²) in [6, 6.07) is 4.98. The number of hydrogen-bond acceptors (Lipinski definition) is 4. The van der Waals surface area contributed by atoms with Crippen molar-refractivity contribution in [2.45, 2.75) is 4.90 Å². The molecule has 3 nitrogen and oxygen atoms in total. The van der Waals surface area contributed by atoms with Crippen molar-refractivity contribution in [2.24, 2.45) is 0 Å². The topological polar surface area (TPSA) is 50.1 Å². The van der Waals surface area contributed by atoms with Gasteiger partial charge in [0, 0.05) is 9.37 Å². The van der Waals surface area contributed by atoms with E-state index in [1.807, 2.05) is 6.07 Å². The predicted molar refractivity (Wildman–Crippen MR) is 57.4 cm³/mol. The molecule has 0 heterocycles. The Bertz CT molecular complexity index is 426. The molecule has 0 N–H and O–H groups in total. The summed E-state index contributed by atoms with van der Waals surface area (Å²) < 4.78 is 5.15. The van der Waals surface area contributed by atoms with E-state index < -0.39 is 5.97 Å². The van der Waals surface area contributed by atoms with Crippen LogP contribution in [-0.4, -0.2) is 13.1 Å². The Morgan fingerprint density at radius 2 is 2.29 bits per heavy atom. The van der Waals surface area contributed by atoms with Gasteiger partial charge in [-0.2, -0.15) is 5.26 Å². The molecule has 0 aliphatic rings. The molecule has 72 valence electrons. The standard InChI is InChI=1S/C9H6BrNO2S/c1-13-9(12)6-2-5(4-11)3-7(10)8(6)14/h2-3,14H,1H3. The number of benzene rings is 1. The van der Waals surface area contributed by atoms with E-state index in [1.165, 1.54) is 13.2 Å². The zero-order chi connectivity index (χ0) is 10.7. The van der Waals surface area contributed by atoms with Crippen LogP contribution >= 0.6 is 28.6 Å². The molecule has 0 radical (unpaired) electrons. The maximum absolute atomic E-state index is 11.3. The smallest absolute Gasteiger partial charge is 0.339 e. The van der Waals surface area contributed by atoms with Gasteiger partial charge in [0.05, 0.1) is 24.3 Å². The van der Waals surface area contributed by atoms with E-state index >= 15 is 0 Å². The molecular weight excluding hydrogens is 266 g/mol. The first-order valence-corrected chi connectivity index (χ1v) is 4.85. The number of nitriles is 1. The van der Waals surface area contributed by atoms with Gasteiger partial charge >= 0.3 is 5.97 Å². The number of ether oxygens (including phenoxy) is 1. The highest BCUT2D eigenvalue weighted by molar-refractivity contribution is 9.10. The van der Waals surface area contributed by atoms with Crippen LogP contribution in [-0.2, 0) is 4.74 Å². The lowest BCUT2D eigenvalue weighted by Crippen LogP contribution is -2.03. The molecule has 0 saturated heterocycles. The average Bonchev–Trinajstić information content (AvgIpc) is 2.20. The van der Waals surface area contributed by atoms with Crippen LogP contribution in [0.15, 0.2) is 21.5 Å². The van der Waals surface area contributed by atoms with Crippen LogP contribution in [0.4, 0.5) is 0 Å². The van der Waals surface area contributed by atoms with Gasteiger partial charge in [-0.15, -0.1) is 12.6 Å². The molecular formula is C9H6BrNO2S. The Kier molecular flexibility index (Phi) is 3.55. The second kappa shape index (κ2) is 4.49. The Hall–Kier alpha value is -0.990. The maximum atomic E-state index is 11.3. The van der Waals surface area contributed by atoms with Gasteiger partial charge in [-0.05, 0) is 28.1 Å². The first-order valence-electron chi connectivity index (χ1n) is 3.61. The van der Waals surface area contributed by atoms with Crippen LogP contribution in [0.1, 0.15) is 15.9 Å². The van der Waals surface area contributed by atoms with Crippen molar-refractivity contribution in [1.29, 1.82) is 5.26 Å². The fourth-order valence-electron chi connectivity index (χ4n) is 0.929. The molecule has 0 unspecified atom stereocenters. The second-order valence-electron chi connectivity index (χ2n) is 2.46. The lowest BCUT2D eigenvalue weighted by atomic mass is 10.1. The molecule has 0 spiro atoms. The highest BCUT2D eigenvalue weighted by Crippen LogP contribution is 2.26. The molecule has 1 rings (SSSR count). The van der Waals surface area contributed by atoms with Gasteiger partial charge in [0.25, 0.3) is 0 Å². The van der Waals surface area contributed by atoms with Crippen LogP contribution in [0.5, 0.6) is 0 Å². The summed E-state index contributed by atoms with van der Waals surface area (Å²) in [5.74, 6) is -0.507. The number of rotatable bonds is 1. The normalized spacial score (nSPS) is 9.29. The average molecular weight is 272 g/mol. The largest absolute Gasteiger partial charge is 0.465 e. The number of nitrogens with zero attached hydrogens (tertiary/aromatic N) is 1. The van der Waals surface area contributed by atoms with Crippen LogP contribution in [0.3, 0.4) is 0 Å². The first-order chi connectivity index (χ1) is 6.60. The Morgan fingerprint density at radius 1 is 1.64 bits per heavy atom. The zero-order valence-corrected chi connectivity index (χ0v) is 9.72. The molecule has 0 fully saturated rings. The molecule has 0 saturated carbocycles. The number of halogens is 1. The number of thiol groups is 1. The number of carbonyl (C=O) groups is 1. The molecule has 0 aliphatic carbocycles. The summed E-state index contributed by atoms with van der Waals surface area (Å²) in [4.78, 5) is 11.7. The third-order valence-corrected chi connectivity index (χ3v) is 3.01. The summed E-state index contributed by atoms with van der Waals surface area (Å²) in [6.45, 7) is 0. The number of methoxy groups -OCH3 is 1. The molecule has 1 aromatic carbocycles. The highest BCUT2D eigenvalue weighted by Gasteiger charge is 2.13. The minimum absolute atomic E-state index is 0.279. The quantitative estimate of drug-likeness (QED) is 0.630. The van der Waals surface area contributed by atoms with E-state index in [4.69, 9.17) is 5.26 Å². The number of carbonyl (C=O) groups excluding carboxylic acids is 1. The van der Waals surface area contributed by atoms with Crippen molar-refractivity contribution in [3.05, 3.63) is 27.7 Å². The van der Waals surface area contributed by atoms with Crippen molar-refractivity contribution in [3.8, 4) is 6.07 Å². The van der Waals surface area contributed by atoms with Crippen LogP contribution in [0, 0.1) is 11.3 Å². The van der Waals surface area contributed by atoms with Gasteiger partial charge in [0.2, 0.25) is 0 Å². The number of hydrogen-bond donors (Lipinski definition) is 1. The van der Waals surface area contributed by atoms with Gasteiger partial charge in [0.15, 0.2) is 0 Å². The third kappa shape index (κ3) is 2.08. The molecule has 0 aliphatic heterocycles. The van der Waals surface area contributed by atoms with Gasteiger partial charge in [-0.1, -0.05) is 0 Å². The van der Waals surface area contributed by atoms with Crippen LogP contribution < -0.4 is 0 Å². The minimum Gasteiger partial charge on any atom is -0.465 e. The molecule has 0 atom stereocenters. The summed E-state index contributed by atoms with van der Waals surface area (Å²) >= 11 is 7.33. The fraction of sp³-hybridized carbons (Fsp3) is 0.111. The lowest BCUT2D eigenvalue weighted by molar-refractivity contribution is 0.0596. The summed E-state index contributed by atoms with van der Waals surface area (Å²) in [5.41, 5.74) is 0.664. The third-order valence-electron chi connectivity index (χ3n) is 1.60. The summed E-state index contributed by atoms with van der Waals surface area (Å²) in [6.07, 6.45) is 0. The lowest BCUT2D eigenvalue weighted by Gasteiger charge is -2.05. The van der Waals surface area contributed by atoms with Crippen molar-refractivity contribution in [3.63, 3.8) is 0 Å². The monoisotopic (exact) mass is 271 g/mol. The van der Waals surface area contributed by atoms with Crippen LogP contribution in [0.25, 0.3) is 0 Å². The summed E-state index contributed by atoms with van der Waals surface area (Å²) in [7, 11) is 1.28. The van der Waals surface area contributed by atoms with Gasteiger partial charge in [-0.3, -0.25) is 0 Å². The highest BCUT2D eigenvalue weighted by atomic mass is 79.9. The van der Waals surface area contributed by atoms with Gasteiger partial charge < -0.3 is 4.74 Å². The molecule has 14 heavy (non-hydrogen) atoms. The van der Waals surface area contributed by atoms with E-state index in [9.17, 15) is 4.79 Å². The SMILES string of the molecule is COC(=O)c1cc(C#N)cc(Br)c1S. The first kappa shape index (κ1) is 11.1. The van der Waals surface area contributed by atoms with E-state index in [2.05, 4.69) is 33.3 Å². The van der Waals surface area contributed by atoms with Crippen molar-refractivity contribution in [2.75, 3.05) is 7.11 Å². The molecule has 0 aromatic heterocycles. The second-order valence-corrected chi connectivity index (χ2v) is 3.76. The van der Waals surface area contributed by atoms with Crippen LogP contribution in [0.2, 0.25) is 0 Å². The van der Waals surface area contributed by atoms with E-state index in [-0.39, 0.29) is 5.56 Å². The van der Waals surface area contributed by atoms with E-state index in [1.54, 1.807) is 6.07 Å². The fourth-order valence-corrected chi connectivity index (χ4v) is 1.61. The molecule has 1 aromatic rings. The predicted octanol–water partition coefficient (Wildman–Crippen LogP) is 2.40. The molecule has 0 amide bonds. The molecule has 0 bridgehead atoms. The maximum Gasteiger partial charge on any atom is 0.339 e. The Labute approximate surface area is 95.2 Å². The Morgan fingerprint density at radius 3 is 2.79 bits per heavy atom. The van der Waals surface area contributed by atoms with Crippen molar-refractivity contribution in [1.82, 2.24) is 0 Å². The van der Waals surface area contributed by atoms with Gasteiger partial charge in [-0.25, -0.2) is 4.79 Å². The van der Waals surface area contributed by atoms with Crippen molar-refractivity contribution >= 4 is 34.5 Å². The summed E-state index contributed by atoms with van der Waals surface area (Å²) in [5, 5.41) is 8.68. The Balaban J connectivity index is 3.36. The zero-order valence-electron chi connectivity index (χ0n) is 7.24. The van der Waals surface area contributed by atoms with E-state index in [0.717, 1.165) is 0 Å².